The molecule has 0 aliphatic carbocycles. The van der Waals surface area contributed by atoms with E-state index in [2.05, 4.69) is 10.1 Å². The molecule has 4 aromatic rings. The van der Waals surface area contributed by atoms with Crippen LogP contribution in [-0.2, 0) is 5.75 Å². The number of thioether (sulfide) groups is 1. The summed E-state index contributed by atoms with van der Waals surface area (Å²) in [6, 6.07) is 12.8. The summed E-state index contributed by atoms with van der Waals surface area (Å²) in [5.41, 5.74) is 1.34. The Bertz CT molecular complexity index is 1300. The summed E-state index contributed by atoms with van der Waals surface area (Å²) < 4.78 is 17.9. The van der Waals surface area contributed by atoms with Crippen molar-refractivity contribution in [2.75, 3.05) is 14.2 Å². The number of hydrogen-bond donors (Lipinski definition) is 0. The van der Waals surface area contributed by atoms with E-state index in [4.69, 9.17) is 19.0 Å². The van der Waals surface area contributed by atoms with Gasteiger partial charge < -0.3 is 14.0 Å². The number of fused-ring (bicyclic) bond motifs is 1. The van der Waals surface area contributed by atoms with E-state index in [1.54, 1.807) is 24.9 Å². The Labute approximate surface area is 189 Å². The molecule has 0 bridgehead atoms. The van der Waals surface area contributed by atoms with E-state index in [9.17, 15) is 4.79 Å². The number of aromatic nitrogens is 4. The molecule has 2 aromatic carbocycles. The summed E-state index contributed by atoms with van der Waals surface area (Å²) in [6.07, 6.45) is 0.815. The number of hydrogen-bond acceptors (Lipinski definition) is 8. The van der Waals surface area contributed by atoms with E-state index in [1.807, 2.05) is 50.2 Å². The smallest absolute Gasteiger partial charge is 0.262 e. The molecule has 8 nitrogen and oxygen atoms in total. The second-order valence-electron chi connectivity index (χ2n) is 7.21. The summed E-state index contributed by atoms with van der Waals surface area (Å²) in [5, 5.41) is 5.34. The summed E-state index contributed by atoms with van der Waals surface area (Å²) in [6.45, 7) is 4.07. The van der Waals surface area contributed by atoms with Crippen LogP contribution in [0.5, 0.6) is 11.5 Å². The first-order valence-electron chi connectivity index (χ1n) is 10.2. The van der Waals surface area contributed by atoms with Gasteiger partial charge in [0.1, 0.15) is 11.5 Å². The van der Waals surface area contributed by atoms with Crippen molar-refractivity contribution < 1.29 is 14.0 Å². The first kappa shape index (κ1) is 21.9. The predicted octanol–water partition coefficient (Wildman–Crippen LogP) is 4.73. The van der Waals surface area contributed by atoms with Gasteiger partial charge in [0.05, 0.1) is 36.4 Å². The minimum Gasteiger partial charge on any atom is -0.497 e. The molecule has 2 heterocycles. The maximum Gasteiger partial charge on any atom is 0.262 e. The topological polar surface area (TPSA) is 92.3 Å². The van der Waals surface area contributed by atoms with Gasteiger partial charge in [-0.15, -0.1) is 0 Å². The van der Waals surface area contributed by atoms with Gasteiger partial charge in [0, 0.05) is 12.1 Å². The summed E-state index contributed by atoms with van der Waals surface area (Å²) >= 11 is 1.40. The fourth-order valence-electron chi connectivity index (χ4n) is 3.33. The lowest BCUT2D eigenvalue weighted by Gasteiger charge is -2.17. The van der Waals surface area contributed by atoms with Crippen LogP contribution in [0.3, 0.4) is 0 Å². The molecule has 1 atom stereocenters. The molecule has 0 fully saturated rings. The standard InChI is InChI=1S/C23H24N4O4S/c1-5-14(2)27-22(28)16-8-6-7-9-18(16)24-23(27)32-13-20-25-21(26-31-20)17-11-10-15(29-3)12-19(17)30-4/h6-12,14H,5,13H2,1-4H3. The lowest BCUT2D eigenvalue weighted by Crippen LogP contribution is -2.26. The molecule has 0 amide bonds. The van der Waals surface area contributed by atoms with Gasteiger partial charge in [-0.1, -0.05) is 36.0 Å². The van der Waals surface area contributed by atoms with E-state index in [-0.39, 0.29) is 11.6 Å². The van der Waals surface area contributed by atoms with Gasteiger partial charge in [-0.3, -0.25) is 9.36 Å². The SMILES string of the molecule is CCC(C)n1c(SCc2nc(-c3ccc(OC)cc3OC)no2)nc2ccccc2c1=O. The fourth-order valence-corrected chi connectivity index (χ4v) is 4.27. The Morgan fingerprint density at radius 3 is 2.69 bits per heavy atom. The van der Waals surface area contributed by atoms with Crippen molar-refractivity contribution in [1.82, 2.24) is 19.7 Å². The normalized spacial score (nSPS) is 12.1. The van der Waals surface area contributed by atoms with Crippen LogP contribution in [0.4, 0.5) is 0 Å². The Kier molecular flexibility index (Phi) is 6.45. The molecule has 0 spiro atoms. The molecule has 4 rings (SSSR count). The van der Waals surface area contributed by atoms with E-state index in [0.29, 0.717) is 50.6 Å². The third kappa shape index (κ3) is 4.20. The van der Waals surface area contributed by atoms with E-state index in [0.717, 1.165) is 6.42 Å². The largest absolute Gasteiger partial charge is 0.497 e. The Morgan fingerprint density at radius 1 is 1.12 bits per heavy atom. The Morgan fingerprint density at radius 2 is 1.94 bits per heavy atom. The second-order valence-corrected chi connectivity index (χ2v) is 8.15. The van der Waals surface area contributed by atoms with E-state index < -0.39 is 0 Å². The molecule has 0 N–H and O–H groups in total. The van der Waals surface area contributed by atoms with Gasteiger partial charge in [0.25, 0.3) is 5.56 Å². The van der Waals surface area contributed by atoms with Gasteiger partial charge in [-0.2, -0.15) is 4.98 Å². The molecular formula is C23H24N4O4S. The Balaban J connectivity index is 1.63. The first-order chi connectivity index (χ1) is 15.5. The molecule has 32 heavy (non-hydrogen) atoms. The monoisotopic (exact) mass is 452 g/mol. The summed E-state index contributed by atoms with van der Waals surface area (Å²) in [7, 11) is 3.17. The minimum absolute atomic E-state index is 0.0175. The lowest BCUT2D eigenvalue weighted by atomic mass is 10.2. The van der Waals surface area contributed by atoms with Gasteiger partial charge in [0.15, 0.2) is 5.16 Å². The van der Waals surface area contributed by atoms with Gasteiger partial charge in [-0.25, -0.2) is 4.98 Å². The zero-order chi connectivity index (χ0) is 22.7. The highest BCUT2D eigenvalue weighted by molar-refractivity contribution is 7.98. The molecule has 1 unspecified atom stereocenters. The van der Waals surface area contributed by atoms with Crippen LogP contribution in [0.15, 0.2) is 56.9 Å². The van der Waals surface area contributed by atoms with Gasteiger partial charge in [-0.05, 0) is 37.6 Å². The molecule has 0 aliphatic rings. The van der Waals surface area contributed by atoms with Crippen molar-refractivity contribution in [1.29, 1.82) is 0 Å². The second kappa shape index (κ2) is 9.44. The van der Waals surface area contributed by atoms with Crippen molar-refractivity contribution in [3.8, 4) is 22.9 Å². The van der Waals surface area contributed by atoms with Crippen LogP contribution in [0.1, 0.15) is 32.2 Å². The van der Waals surface area contributed by atoms with E-state index in [1.165, 1.54) is 11.8 Å². The molecule has 0 radical (unpaired) electrons. The van der Waals surface area contributed by atoms with Crippen LogP contribution in [0.25, 0.3) is 22.3 Å². The number of nitrogens with zero attached hydrogens (tertiary/aromatic N) is 4. The average molecular weight is 453 g/mol. The van der Waals surface area contributed by atoms with Crippen LogP contribution in [0, 0.1) is 0 Å². The number of para-hydroxylation sites is 1. The number of benzene rings is 2. The molecular weight excluding hydrogens is 428 g/mol. The summed E-state index contributed by atoms with van der Waals surface area (Å²) in [4.78, 5) is 22.3. The van der Waals surface area contributed by atoms with E-state index >= 15 is 0 Å². The maximum absolute atomic E-state index is 13.1. The Hall–Kier alpha value is -3.33. The molecule has 2 aromatic heterocycles. The highest BCUT2D eigenvalue weighted by Gasteiger charge is 2.18. The molecule has 0 saturated heterocycles. The van der Waals surface area contributed by atoms with Crippen molar-refractivity contribution >= 4 is 22.7 Å². The highest BCUT2D eigenvalue weighted by atomic mass is 32.2. The quantitative estimate of drug-likeness (QED) is 0.280. The first-order valence-corrected chi connectivity index (χ1v) is 11.2. The van der Waals surface area contributed by atoms with Crippen LogP contribution >= 0.6 is 11.8 Å². The van der Waals surface area contributed by atoms with Crippen molar-refractivity contribution in [3.05, 3.63) is 58.7 Å². The number of ether oxygens (including phenoxy) is 2. The van der Waals surface area contributed by atoms with Gasteiger partial charge >= 0.3 is 0 Å². The third-order valence-electron chi connectivity index (χ3n) is 5.25. The van der Waals surface area contributed by atoms with Crippen LogP contribution in [0.2, 0.25) is 0 Å². The maximum atomic E-state index is 13.1. The summed E-state index contributed by atoms with van der Waals surface area (Å²) in [5.74, 6) is 2.50. The van der Waals surface area contributed by atoms with Crippen LogP contribution in [-0.4, -0.2) is 33.9 Å². The number of rotatable bonds is 8. The van der Waals surface area contributed by atoms with Crippen molar-refractivity contribution in [2.45, 2.75) is 37.2 Å². The average Bonchev–Trinajstić information content (AvgIpc) is 3.30. The number of methoxy groups -OCH3 is 2. The highest BCUT2D eigenvalue weighted by Crippen LogP contribution is 2.32. The minimum atomic E-state index is -0.0402. The van der Waals surface area contributed by atoms with Crippen molar-refractivity contribution in [3.63, 3.8) is 0 Å². The predicted molar refractivity (Wildman–Crippen MR) is 123 cm³/mol. The lowest BCUT2D eigenvalue weighted by molar-refractivity contribution is 0.388. The molecule has 166 valence electrons. The third-order valence-corrected chi connectivity index (χ3v) is 6.19. The fraction of sp³-hybridized carbons (Fsp3) is 0.304. The van der Waals surface area contributed by atoms with Crippen molar-refractivity contribution in [2.24, 2.45) is 0 Å². The zero-order valence-electron chi connectivity index (χ0n) is 18.4. The zero-order valence-corrected chi connectivity index (χ0v) is 19.2. The molecule has 0 aliphatic heterocycles. The molecule has 0 saturated carbocycles. The van der Waals surface area contributed by atoms with Crippen LogP contribution < -0.4 is 15.0 Å². The molecule has 9 heteroatoms. The van der Waals surface area contributed by atoms with Gasteiger partial charge in [0.2, 0.25) is 11.7 Å².